The van der Waals surface area contributed by atoms with Gasteiger partial charge in [0.25, 0.3) is 5.56 Å². The highest BCUT2D eigenvalue weighted by atomic mass is 19.1. The SMILES string of the molecule is CC(C)(C)C1=NC2=c3cc[nH]c(=O)c3=C3C=C(F)C=CC3C2=N1. The highest BCUT2D eigenvalue weighted by molar-refractivity contribution is 6.32. The third-order valence-electron chi connectivity index (χ3n) is 4.23. The number of nitrogens with zero attached hydrogens (tertiary/aromatic N) is 2. The fourth-order valence-corrected chi connectivity index (χ4v) is 3.11. The largest absolute Gasteiger partial charge is 0.329 e. The topological polar surface area (TPSA) is 57.6 Å². The van der Waals surface area contributed by atoms with E-state index < -0.39 is 0 Å². The molecule has 1 atom stereocenters. The van der Waals surface area contributed by atoms with Crippen LogP contribution >= 0.6 is 0 Å². The van der Waals surface area contributed by atoms with E-state index >= 15 is 0 Å². The standard InChI is InChI=1S/C18H16FN3O/c1-18(2,3)17-21-14-10-5-4-9(19)8-12(10)13-11(15(14)22-17)6-7-20-16(13)23/h4-8,10H,1-3H3,(H,20,23). The molecule has 1 aliphatic heterocycles. The third kappa shape index (κ3) is 2.00. The molecule has 0 aromatic carbocycles. The number of amidine groups is 1. The van der Waals surface area contributed by atoms with Gasteiger partial charge in [-0.1, -0.05) is 26.8 Å². The molecule has 5 heteroatoms. The van der Waals surface area contributed by atoms with E-state index in [-0.39, 0.29) is 22.7 Å². The highest BCUT2D eigenvalue weighted by Gasteiger charge is 2.34. The average molecular weight is 309 g/mol. The lowest BCUT2D eigenvalue weighted by Gasteiger charge is -2.22. The minimum atomic E-state index is -0.357. The molecular weight excluding hydrogens is 293 g/mol. The minimum absolute atomic E-state index is 0.196. The smallest absolute Gasteiger partial charge is 0.256 e. The molecule has 0 bridgehead atoms. The van der Waals surface area contributed by atoms with Crippen molar-refractivity contribution in [1.82, 2.24) is 4.98 Å². The van der Waals surface area contributed by atoms with Crippen LogP contribution in [0.25, 0.3) is 11.3 Å². The molecule has 4 nitrogen and oxygen atoms in total. The molecule has 0 saturated carbocycles. The van der Waals surface area contributed by atoms with Crippen molar-refractivity contribution in [2.75, 3.05) is 0 Å². The van der Waals surface area contributed by atoms with Gasteiger partial charge in [-0.3, -0.25) is 4.79 Å². The van der Waals surface area contributed by atoms with Gasteiger partial charge >= 0.3 is 0 Å². The van der Waals surface area contributed by atoms with Gasteiger partial charge in [-0.25, -0.2) is 14.4 Å². The maximum absolute atomic E-state index is 13.8. The second-order valence-corrected chi connectivity index (χ2v) is 6.95. The van der Waals surface area contributed by atoms with Crippen LogP contribution in [-0.2, 0) is 0 Å². The number of aliphatic imine (C=N–C) groups is 2. The summed E-state index contributed by atoms with van der Waals surface area (Å²) in [7, 11) is 0. The van der Waals surface area contributed by atoms with Crippen LogP contribution in [0.2, 0.25) is 0 Å². The van der Waals surface area contributed by atoms with E-state index in [2.05, 4.69) is 9.98 Å². The lowest BCUT2D eigenvalue weighted by Crippen LogP contribution is -2.48. The van der Waals surface area contributed by atoms with Crippen LogP contribution in [0.5, 0.6) is 0 Å². The molecule has 1 aromatic heterocycles. The van der Waals surface area contributed by atoms with E-state index in [4.69, 9.17) is 4.99 Å². The van der Waals surface area contributed by atoms with Crippen molar-refractivity contribution in [3.63, 3.8) is 0 Å². The summed E-state index contributed by atoms with van der Waals surface area (Å²) in [6, 6.07) is 1.81. The quantitative estimate of drug-likeness (QED) is 0.777. The first kappa shape index (κ1) is 14.1. The van der Waals surface area contributed by atoms with Crippen LogP contribution < -0.4 is 16.0 Å². The first-order chi connectivity index (χ1) is 10.9. The molecule has 0 radical (unpaired) electrons. The Morgan fingerprint density at radius 1 is 1.26 bits per heavy atom. The van der Waals surface area contributed by atoms with Gasteiger partial charge in [-0.05, 0) is 23.8 Å². The van der Waals surface area contributed by atoms with Crippen molar-refractivity contribution < 1.29 is 4.39 Å². The molecule has 1 aromatic rings. The summed E-state index contributed by atoms with van der Waals surface area (Å²) >= 11 is 0. The number of hydrogen-bond acceptors (Lipinski definition) is 3. The number of aromatic nitrogens is 1. The zero-order chi connectivity index (χ0) is 16.4. The number of halogens is 1. The molecule has 2 aliphatic carbocycles. The average Bonchev–Trinajstić information content (AvgIpc) is 2.92. The van der Waals surface area contributed by atoms with Gasteiger partial charge in [0.05, 0.1) is 16.6 Å². The van der Waals surface area contributed by atoms with Crippen molar-refractivity contribution in [2.24, 2.45) is 21.3 Å². The Morgan fingerprint density at radius 2 is 2.04 bits per heavy atom. The number of rotatable bonds is 0. The summed E-state index contributed by atoms with van der Waals surface area (Å²) in [6.45, 7) is 6.15. The maximum atomic E-state index is 13.8. The molecule has 3 aliphatic rings. The van der Waals surface area contributed by atoms with Crippen molar-refractivity contribution in [3.8, 4) is 0 Å². The number of nitrogens with one attached hydrogen (secondary N) is 1. The number of H-pyrrole nitrogens is 1. The predicted molar refractivity (Wildman–Crippen MR) is 89.3 cm³/mol. The van der Waals surface area contributed by atoms with E-state index in [1.54, 1.807) is 12.3 Å². The van der Waals surface area contributed by atoms with Crippen molar-refractivity contribution in [2.45, 2.75) is 20.8 Å². The normalized spacial score (nSPS) is 22.1. The molecule has 0 spiro atoms. The molecule has 0 fully saturated rings. The number of fused-ring (bicyclic) bond motifs is 4. The van der Waals surface area contributed by atoms with Crippen molar-refractivity contribution in [1.29, 1.82) is 0 Å². The Kier molecular flexibility index (Phi) is 2.73. The summed E-state index contributed by atoms with van der Waals surface area (Å²) in [5.74, 6) is 0.145. The fraction of sp³-hybridized carbons (Fsp3) is 0.278. The molecule has 0 amide bonds. The zero-order valence-corrected chi connectivity index (χ0v) is 13.1. The highest BCUT2D eigenvalue weighted by Crippen LogP contribution is 2.33. The van der Waals surface area contributed by atoms with Crippen LogP contribution in [0.15, 0.2) is 51.1 Å². The van der Waals surface area contributed by atoms with Gasteiger partial charge in [-0.2, -0.15) is 0 Å². The van der Waals surface area contributed by atoms with E-state index in [9.17, 15) is 9.18 Å². The Balaban J connectivity index is 2.17. The number of hydrogen-bond donors (Lipinski definition) is 1. The van der Waals surface area contributed by atoms with E-state index in [0.29, 0.717) is 10.8 Å². The fourth-order valence-electron chi connectivity index (χ4n) is 3.11. The zero-order valence-electron chi connectivity index (χ0n) is 13.1. The summed E-state index contributed by atoms with van der Waals surface area (Å²) < 4.78 is 13.8. The molecule has 116 valence electrons. The van der Waals surface area contributed by atoms with E-state index in [0.717, 1.165) is 22.5 Å². The molecule has 4 rings (SSSR count). The lowest BCUT2D eigenvalue weighted by atomic mass is 9.83. The number of pyridine rings is 1. The molecule has 0 saturated heterocycles. The van der Waals surface area contributed by atoms with Gasteiger partial charge in [-0.15, -0.1) is 0 Å². The Labute approximate surface area is 132 Å². The van der Waals surface area contributed by atoms with Crippen molar-refractivity contribution in [3.05, 3.63) is 57.1 Å². The minimum Gasteiger partial charge on any atom is -0.329 e. The van der Waals surface area contributed by atoms with Gasteiger partial charge in [0.1, 0.15) is 11.7 Å². The monoisotopic (exact) mass is 309 g/mol. The van der Waals surface area contributed by atoms with Gasteiger partial charge < -0.3 is 4.98 Å². The van der Waals surface area contributed by atoms with Crippen LogP contribution in [-0.4, -0.2) is 16.5 Å². The second kappa shape index (κ2) is 4.47. The van der Waals surface area contributed by atoms with Crippen LogP contribution in [0, 0.1) is 11.3 Å². The van der Waals surface area contributed by atoms with E-state index in [1.165, 1.54) is 12.2 Å². The van der Waals surface area contributed by atoms with Gasteiger partial charge in [0.2, 0.25) is 0 Å². The van der Waals surface area contributed by atoms with Gasteiger partial charge in [0.15, 0.2) is 0 Å². The first-order valence-corrected chi connectivity index (χ1v) is 7.56. The third-order valence-corrected chi connectivity index (χ3v) is 4.23. The van der Waals surface area contributed by atoms with Crippen LogP contribution in [0.3, 0.4) is 0 Å². The summed E-state index contributed by atoms with van der Waals surface area (Å²) in [5.41, 5.74) is 1.74. The molecule has 2 heterocycles. The van der Waals surface area contributed by atoms with Crippen LogP contribution in [0.1, 0.15) is 20.8 Å². The lowest BCUT2D eigenvalue weighted by molar-refractivity contribution is 0.587. The Bertz CT molecular complexity index is 1030. The van der Waals surface area contributed by atoms with Gasteiger partial charge in [0, 0.05) is 22.7 Å². The maximum Gasteiger partial charge on any atom is 0.256 e. The molecule has 23 heavy (non-hydrogen) atoms. The number of allylic oxidation sites excluding steroid dienone is 4. The first-order valence-electron chi connectivity index (χ1n) is 7.56. The van der Waals surface area contributed by atoms with E-state index in [1.807, 2.05) is 26.8 Å². The van der Waals surface area contributed by atoms with Crippen LogP contribution in [0.4, 0.5) is 4.39 Å². The van der Waals surface area contributed by atoms with Crippen molar-refractivity contribution >= 4 is 22.8 Å². The summed E-state index contributed by atoms with van der Waals surface area (Å²) in [4.78, 5) is 24.4. The predicted octanol–water partition coefficient (Wildman–Crippen LogP) is 1.59. The number of aromatic amines is 1. The molecule has 1 unspecified atom stereocenters. The Morgan fingerprint density at radius 3 is 2.78 bits per heavy atom. The summed E-state index contributed by atoms with van der Waals surface area (Å²) in [6.07, 6.45) is 6.19. The molecule has 1 N–H and O–H groups in total. The summed E-state index contributed by atoms with van der Waals surface area (Å²) in [5, 5.41) is 1.21. The molecular formula is C18H16FN3O. The second-order valence-electron chi connectivity index (χ2n) is 6.95. The Hall–Kier alpha value is -2.56.